The van der Waals surface area contributed by atoms with Gasteiger partial charge in [-0.1, -0.05) is 18.2 Å². The highest BCUT2D eigenvalue weighted by Gasteiger charge is 2.28. The lowest BCUT2D eigenvalue weighted by Gasteiger charge is -2.12. The summed E-state index contributed by atoms with van der Waals surface area (Å²) in [7, 11) is 1.30. The van der Waals surface area contributed by atoms with Crippen molar-refractivity contribution in [3.05, 3.63) is 46.3 Å². The van der Waals surface area contributed by atoms with Crippen molar-refractivity contribution >= 4 is 39.8 Å². The summed E-state index contributed by atoms with van der Waals surface area (Å²) in [6, 6.07) is 8.94. The quantitative estimate of drug-likeness (QED) is 0.435. The number of amides is 2. The summed E-state index contributed by atoms with van der Waals surface area (Å²) in [5, 5.41) is 2.91. The van der Waals surface area contributed by atoms with E-state index in [1.54, 1.807) is 24.3 Å². The zero-order valence-corrected chi connectivity index (χ0v) is 15.1. The number of thiophene rings is 1. The molecule has 2 amide bonds. The predicted molar refractivity (Wildman–Crippen MR) is 99.1 cm³/mol. The van der Waals surface area contributed by atoms with E-state index in [1.807, 2.05) is 6.07 Å². The van der Waals surface area contributed by atoms with Crippen LogP contribution in [0, 0.1) is 0 Å². The van der Waals surface area contributed by atoms with Gasteiger partial charge in [0.15, 0.2) is 0 Å². The van der Waals surface area contributed by atoms with Crippen LogP contribution in [0.1, 0.15) is 33.6 Å². The van der Waals surface area contributed by atoms with Gasteiger partial charge in [-0.05, 0) is 43.4 Å². The molecule has 7 nitrogen and oxygen atoms in total. The third-order valence-electron chi connectivity index (χ3n) is 4.09. The Bertz CT molecular complexity index is 832. The normalized spacial score (nSPS) is 12.7. The number of benzene rings is 1. The minimum Gasteiger partial charge on any atom is -0.465 e. The van der Waals surface area contributed by atoms with Crippen molar-refractivity contribution in [2.45, 2.75) is 25.7 Å². The molecule has 0 radical (unpaired) electrons. The topological polar surface area (TPSA) is 96.5 Å². The third kappa shape index (κ3) is 3.85. The van der Waals surface area contributed by atoms with Crippen LogP contribution in [0.25, 0.3) is 0 Å². The van der Waals surface area contributed by atoms with Crippen LogP contribution in [-0.2, 0) is 27.2 Å². The maximum Gasteiger partial charge on any atom is 0.341 e. The number of carbonyl (C=O) groups excluding carboxylic acids is 3. The van der Waals surface area contributed by atoms with Crippen LogP contribution in [0.3, 0.4) is 0 Å². The molecule has 0 saturated heterocycles. The molecule has 0 spiro atoms. The van der Waals surface area contributed by atoms with Crippen LogP contribution in [-0.4, -0.2) is 24.9 Å². The van der Waals surface area contributed by atoms with Crippen molar-refractivity contribution < 1.29 is 19.1 Å². The van der Waals surface area contributed by atoms with E-state index in [2.05, 4.69) is 16.2 Å². The van der Waals surface area contributed by atoms with E-state index in [0.717, 1.165) is 36.1 Å². The molecular weight excluding hydrogens is 354 g/mol. The van der Waals surface area contributed by atoms with Crippen LogP contribution in [0.4, 0.5) is 10.7 Å². The number of carbonyl (C=O) groups is 3. The number of hydrogen-bond donors (Lipinski definition) is 3. The highest BCUT2D eigenvalue weighted by molar-refractivity contribution is 7.17. The van der Waals surface area contributed by atoms with Crippen molar-refractivity contribution in [1.82, 2.24) is 5.43 Å². The van der Waals surface area contributed by atoms with Crippen LogP contribution in [0.15, 0.2) is 30.3 Å². The molecule has 1 aromatic heterocycles. The fourth-order valence-electron chi connectivity index (χ4n) is 2.84. The summed E-state index contributed by atoms with van der Waals surface area (Å²) in [5.41, 5.74) is 6.93. The molecule has 0 aliphatic heterocycles. The molecule has 1 aliphatic carbocycles. The average molecular weight is 373 g/mol. The zero-order chi connectivity index (χ0) is 18.5. The number of rotatable bonds is 4. The lowest BCUT2D eigenvalue weighted by atomic mass is 9.95. The Balaban J connectivity index is 1.71. The Morgan fingerprint density at radius 3 is 2.50 bits per heavy atom. The van der Waals surface area contributed by atoms with E-state index in [-0.39, 0.29) is 0 Å². The largest absolute Gasteiger partial charge is 0.465 e. The Hall–Kier alpha value is -2.87. The molecule has 26 heavy (non-hydrogen) atoms. The highest BCUT2D eigenvalue weighted by Crippen LogP contribution is 2.38. The molecule has 0 unspecified atom stereocenters. The first-order valence-electron chi connectivity index (χ1n) is 8.25. The molecule has 8 heteroatoms. The molecule has 0 atom stereocenters. The Morgan fingerprint density at radius 2 is 1.77 bits per heavy atom. The van der Waals surface area contributed by atoms with Crippen LogP contribution in [0.5, 0.6) is 0 Å². The standard InChI is InChI=1S/C18H19N3O4S/c1-25-18(24)14-12-9-5-6-10-13(12)26-17(14)19-15(22)16(23)21-20-11-7-3-2-4-8-11/h2-4,7-8,20H,5-6,9-10H2,1H3,(H,19,22)(H,21,23). The van der Waals surface area contributed by atoms with Crippen LogP contribution >= 0.6 is 11.3 Å². The molecular formula is C18H19N3O4S. The molecule has 3 N–H and O–H groups in total. The lowest BCUT2D eigenvalue weighted by Crippen LogP contribution is -2.38. The van der Waals surface area contributed by atoms with E-state index >= 15 is 0 Å². The van der Waals surface area contributed by atoms with Crippen molar-refractivity contribution in [2.24, 2.45) is 0 Å². The van der Waals surface area contributed by atoms with Gasteiger partial charge in [-0.25, -0.2) is 4.79 Å². The van der Waals surface area contributed by atoms with Crippen LogP contribution in [0.2, 0.25) is 0 Å². The number of esters is 1. The summed E-state index contributed by atoms with van der Waals surface area (Å²) in [5.74, 6) is -2.20. The summed E-state index contributed by atoms with van der Waals surface area (Å²) in [6.07, 6.45) is 3.67. The van der Waals surface area contributed by atoms with Crippen molar-refractivity contribution in [3.8, 4) is 0 Å². The highest BCUT2D eigenvalue weighted by atomic mass is 32.1. The summed E-state index contributed by atoms with van der Waals surface area (Å²) >= 11 is 1.33. The number of hydrazine groups is 1. The van der Waals surface area contributed by atoms with Crippen molar-refractivity contribution in [1.29, 1.82) is 0 Å². The number of anilines is 2. The van der Waals surface area contributed by atoms with Crippen molar-refractivity contribution in [3.63, 3.8) is 0 Å². The molecule has 3 rings (SSSR count). The third-order valence-corrected chi connectivity index (χ3v) is 5.30. The maximum atomic E-state index is 12.2. The molecule has 0 bridgehead atoms. The molecule has 0 saturated carbocycles. The summed E-state index contributed by atoms with van der Waals surface area (Å²) in [6.45, 7) is 0. The number of nitrogens with one attached hydrogen (secondary N) is 3. The van der Waals surface area contributed by atoms with Gasteiger partial charge in [-0.3, -0.25) is 20.4 Å². The van der Waals surface area contributed by atoms with Gasteiger partial charge < -0.3 is 10.1 Å². The monoisotopic (exact) mass is 373 g/mol. The molecule has 1 heterocycles. The molecule has 2 aromatic rings. The van der Waals surface area contributed by atoms with E-state index in [0.29, 0.717) is 16.3 Å². The molecule has 1 aromatic carbocycles. The minimum atomic E-state index is -0.851. The fourth-order valence-corrected chi connectivity index (χ4v) is 4.11. The number of aryl methyl sites for hydroxylation is 1. The molecule has 136 valence electrons. The SMILES string of the molecule is COC(=O)c1c(NC(=O)C(=O)NNc2ccccc2)sc2c1CCCC2. The average Bonchev–Trinajstić information content (AvgIpc) is 3.04. The molecule has 0 fully saturated rings. The number of hydrogen-bond acceptors (Lipinski definition) is 6. The van der Waals surface area contributed by atoms with Gasteiger partial charge in [0.05, 0.1) is 18.4 Å². The van der Waals surface area contributed by atoms with Gasteiger partial charge in [0.1, 0.15) is 5.00 Å². The fraction of sp³-hybridized carbons (Fsp3) is 0.278. The second-order valence-corrected chi connectivity index (χ2v) is 6.91. The number of para-hydroxylation sites is 1. The Kier molecular flexibility index (Phi) is 5.52. The summed E-state index contributed by atoms with van der Waals surface area (Å²) < 4.78 is 4.85. The van der Waals surface area contributed by atoms with E-state index in [9.17, 15) is 14.4 Å². The van der Waals surface area contributed by atoms with E-state index in [1.165, 1.54) is 18.4 Å². The Labute approximate surface area is 154 Å². The van der Waals surface area contributed by atoms with Gasteiger partial charge in [-0.15, -0.1) is 11.3 Å². The Morgan fingerprint density at radius 1 is 1.04 bits per heavy atom. The van der Waals surface area contributed by atoms with Crippen LogP contribution < -0.4 is 16.2 Å². The van der Waals surface area contributed by atoms with Gasteiger partial charge in [0.25, 0.3) is 0 Å². The second kappa shape index (κ2) is 8.01. The zero-order valence-electron chi connectivity index (χ0n) is 14.3. The minimum absolute atomic E-state index is 0.364. The van der Waals surface area contributed by atoms with Gasteiger partial charge >= 0.3 is 17.8 Å². The molecule has 1 aliphatic rings. The number of fused-ring (bicyclic) bond motifs is 1. The number of methoxy groups -OCH3 is 1. The first-order valence-corrected chi connectivity index (χ1v) is 9.07. The summed E-state index contributed by atoms with van der Waals surface area (Å²) in [4.78, 5) is 37.4. The first kappa shape index (κ1) is 17.9. The smallest absolute Gasteiger partial charge is 0.341 e. The van der Waals surface area contributed by atoms with Gasteiger partial charge in [-0.2, -0.15) is 0 Å². The number of ether oxygens (including phenoxy) is 1. The first-order chi connectivity index (χ1) is 12.6. The lowest BCUT2D eigenvalue weighted by molar-refractivity contribution is -0.135. The second-order valence-electron chi connectivity index (χ2n) is 5.81. The van der Waals surface area contributed by atoms with Gasteiger partial charge in [0.2, 0.25) is 0 Å². The maximum absolute atomic E-state index is 12.2. The van der Waals surface area contributed by atoms with E-state index in [4.69, 9.17) is 4.74 Å². The van der Waals surface area contributed by atoms with E-state index < -0.39 is 17.8 Å². The van der Waals surface area contributed by atoms with Gasteiger partial charge in [0, 0.05) is 4.88 Å². The predicted octanol–water partition coefficient (Wildman–Crippen LogP) is 2.50. The van der Waals surface area contributed by atoms with Crippen molar-refractivity contribution in [2.75, 3.05) is 17.9 Å².